The van der Waals surface area contributed by atoms with Gasteiger partial charge in [-0.1, -0.05) is 18.9 Å². The highest BCUT2D eigenvalue weighted by Gasteiger charge is 2.30. The van der Waals surface area contributed by atoms with Crippen molar-refractivity contribution in [3.63, 3.8) is 0 Å². The molecule has 10 nitrogen and oxygen atoms in total. The summed E-state index contributed by atoms with van der Waals surface area (Å²) in [4.78, 5) is 19.3. The molecule has 0 aliphatic heterocycles. The van der Waals surface area contributed by atoms with E-state index < -0.39 is 22.5 Å². The lowest BCUT2D eigenvalue weighted by Gasteiger charge is -2.23. The SMILES string of the molecule is NC(N)=Nc1ncc(N)c2ccc(S(=O)(=O)N(CC(=O)O)CC3CCCC3)cc12. The quantitative estimate of drug-likeness (QED) is 0.378. The number of aliphatic carboxylic acids is 1. The highest BCUT2D eigenvalue weighted by Crippen LogP contribution is 2.32. The Bertz CT molecular complexity index is 1060. The number of carbonyl (C=O) groups is 1. The van der Waals surface area contributed by atoms with Gasteiger partial charge in [0.05, 0.1) is 16.8 Å². The van der Waals surface area contributed by atoms with Crippen LogP contribution in [-0.4, -0.2) is 47.8 Å². The van der Waals surface area contributed by atoms with Crippen molar-refractivity contribution in [3.8, 4) is 0 Å². The first-order valence-electron chi connectivity index (χ1n) is 9.18. The molecule has 2 aromatic rings. The first-order chi connectivity index (χ1) is 13.7. The number of hydrogen-bond donors (Lipinski definition) is 4. The van der Waals surface area contributed by atoms with E-state index in [0.29, 0.717) is 16.5 Å². The molecule has 0 bridgehead atoms. The highest BCUT2D eigenvalue weighted by atomic mass is 32.2. The van der Waals surface area contributed by atoms with Crippen molar-refractivity contribution in [2.45, 2.75) is 30.6 Å². The zero-order valence-corrected chi connectivity index (χ0v) is 16.6. The largest absolute Gasteiger partial charge is 0.480 e. The second-order valence-electron chi connectivity index (χ2n) is 7.12. The molecule has 0 atom stereocenters. The molecule has 1 saturated carbocycles. The number of guanidine groups is 1. The minimum absolute atomic E-state index is 0.0660. The topological polar surface area (TPSA) is 178 Å². The maximum absolute atomic E-state index is 13.2. The van der Waals surface area contributed by atoms with Gasteiger partial charge in [0.15, 0.2) is 11.8 Å². The number of nitrogen functional groups attached to an aromatic ring is 1. The Morgan fingerprint density at radius 2 is 1.93 bits per heavy atom. The molecule has 1 aliphatic carbocycles. The van der Waals surface area contributed by atoms with Crippen LogP contribution in [0.4, 0.5) is 11.5 Å². The number of fused-ring (bicyclic) bond motifs is 1. The molecule has 3 rings (SSSR count). The average Bonchev–Trinajstić information content (AvgIpc) is 3.16. The summed E-state index contributed by atoms with van der Waals surface area (Å²) >= 11 is 0. The van der Waals surface area contributed by atoms with E-state index in [4.69, 9.17) is 17.2 Å². The fourth-order valence-electron chi connectivity index (χ4n) is 3.63. The molecule has 1 heterocycles. The normalized spacial score (nSPS) is 15.1. The molecule has 1 aromatic heterocycles. The summed E-state index contributed by atoms with van der Waals surface area (Å²) in [5.41, 5.74) is 17.2. The number of aromatic nitrogens is 1. The second kappa shape index (κ2) is 8.21. The second-order valence-corrected chi connectivity index (χ2v) is 9.06. The van der Waals surface area contributed by atoms with Gasteiger partial charge in [0.1, 0.15) is 6.54 Å². The van der Waals surface area contributed by atoms with Crippen LogP contribution in [0, 0.1) is 5.92 Å². The third-order valence-electron chi connectivity index (χ3n) is 4.99. The number of pyridine rings is 1. The van der Waals surface area contributed by atoms with E-state index in [1.54, 1.807) is 6.07 Å². The first-order valence-corrected chi connectivity index (χ1v) is 10.6. The summed E-state index contributed by atoms with van der Waals surface area (Å²) in [7, 11) is -4.06. The van der Waals surface area contributed by atoms with Gasteiger partial charge in [-0.2, -0.15) is 9.30 Å². The number of rotatable bonds is 7. The van der Waals surface area contributed by atoms with Crippen LogP contribution in [0.25, 0.3) is 10.8 Å². The zero-order chi connectivity index (χ0) is 21.2. The Hall–Kier alpha value is -2.92. The molecule has 11 heteroatoms. The lowest BCUT2D eigenvalue weighted by atomic mass is 10.1. The van der Waals surface area contributed by atoms with Gasteiger partial charge < -0.3 is 22.3 Å². The predicted octanol–water partition coefficient (Wildman–Crippen LogP) is 0.987. The van der Waals surface area contributed by atoms with E-state index in [1.807, 2.05) is 0 Å². The third kappa shape index (κ3) is 4.57. The van der Waals surface area contributed by atoms with Crippen molar-refractivity contribution in [1.29, 1.82) is 0 Å². The summed E-state index contributed by atoms with van der Waals surface area (Å²) in [6.07, 6.45) is 5.20. The molecular weight excluding hydrogens is 396 g/mol. The molecule has 0 unspecified atom stereocenters. The van der Waals surface area contributed by atoms with Gasteiger partial charge in [-0.15, -0.1) is 0 Å². The first kappa shape index (κ1) is 20.8. The van der Waals surface area contributed by atoms with Gasteiger partial charge in [0.2, 0.25) is 10.0 Å². The highest BCUT2D eigenvalue weighted by molar-refractivity contribution is 7.89. The number of anilines is 1. The van der Waals surface area contributed by atoms with Crippen LogP contribution < -0.4 is 17.2 Å². The van der Waals surface area contributed by atoms with Crippen LogP contribution >= 0.6 is 0 Å². The predicted molar refractivity (Wildman–Crippen MR) is 110 cm³/mol. The fraction of sp³-hybridized carbons (Fsp3) is 0.389. The lowest BCUT2D eigenvalue weighted by Crippen LogP contribution is -2.38. The number of aliphatic imine (C=N–C) groups is 1. The third-order valence-corrected chi connectivity index (χ3v) is 6.80. The number of benzene rings is 1. The van der Waals surface area contributed by atoms with E-state index >= 15 is 0 Å². The number of hydrogen-bond acceptors (Lipinski definition) is 6. The van der Waals surface area contributed by atoms with Gasteiger partial charge in [-0.05, 0) is 30.9 Å². The molecule has 156 valence electrons. The number of sulfonamides is 1. The molecule has 1 fully saturated rings. The van der Waals surface area contributed by atoms with Crippen LogP contribution in [-0.2, 0) is 14.8 Å². The van der Waals surface area contributed by atoms with Crippen molar-refractivity contribution in [1.82, 2.24) is 9.29 Å². The minimum atomic E-state index is -4.06. The number of nitrogens with zero attached hydrogens (tertiary/aromatic N) is 3. The Labute approximate surface area is 168 Å². The lowest BCUT2D eigenvalue weighted by molar-refractivity contribution is -0.137. The van der Waals surface area contributed by atoms with Gasteiger partial charge in [-0.3, -0.25) is 4.79 Å². The summed E-state index contributed by atoms with van der Waals surface area (Å²) in [5, 5.41) is 10.1. The summed E-state index contributed by atoms with van der Waals surface area (Å²) < 4.78 is 27.5. The van der Waals surface area contributed by atoms with Crippen LogP contribution in [0.5, 0.6) is 0 Å². The van der Waals surface area contributed by atoms with Crippen molar-refractivity contribution < 1.29 is 18.3 Å². The molecule has 29 heavy (non-hydrogen) atoms. The number of nitrogens with two attached hydrogens (primary N) is 3. The van der Waals surface area contributed by atoms with Crippen LogP contribution in [0.1, 0.15) is 25.7 Å². The molecule has 1 aliphatic rings. The van der Waals surface area contributed by atoms with Crippen molar-refractivity contribution in [2.75, 3.05) is 18.8 Å². The standard InChI is InChI=1S/C18H24N6O4S/c19-15-8-22-17(23-18(20)21)14-7-12(5-6-13(14)15)29(27,28)24(10-16(25)26)9-11-3-1-2-4-11/h5-8,11H,1-4,9-10,19H2,(H,25,26)(H4,20,21,22,23). The molecule has 0 amide bonds. The molecule has 1 aromatic carbocycles. The van der Waals surface area contributed by atoms with Crippen molar-refractivity contribution in [2.24, 2.45) is 22.4 Å². The zero-order valence-electron chi connectivity index (χ0n) is 15.8. The molecule has 0 saturated heterocycles. The number of carboxylic acid groups (broad SMARTS) is 1. The fourth-order valence-corrected chi connectivity index (χ4v) is 5.12. The average molecular weight is 420 g/mol. The molecule has 0 spiro atoms. The van der Waals surface area contributed by atoms with Gasteiger partial charge in [-0.25, -0.2) is 13.4 Å². The molecule has 7 N–H and O–H groups in total. The van der Waals surface area contributed by atoms with Crippen LogP contribution in [0.15, 0.2) is 34.3 Å². The monoisotopic (exact) mass is 420 g/mol. The van der Waals surface area contributed by atoms with Crippen LogP contribution in [0.2, 0.25) is 0 Å². The van der Waals surface area contributed by atoms with Gasteiger partial charge in [0.25, 0.3) is 0 Å². The van der Waals surface area contributed by atoms with Crippen molar-refractivity contribution >= 4 is 44.2 Å². The van der Waals surface area contributed by atoms with Gasteiger partial charge >= 0.3 is 5.97 Å². The summed E-state index contributed by atoms with van der Waals surface area (Å²) in [5.74, 6) is -1.16. The smallest absolute Gasteiger partial charge is 0.318 e. The molecule has 0 radical (unpaired) electrons. The Balaban J connectivity index is 2.07. The number of carboxylic acids is 1. The Morgan fingerprint density at radius 3 is 2.55 bits per heavy atom. The van der Waals surface area contributed by atoms with E-state index in [-0.39, 0.29) is 29.1 Å². The van der Waals surface area contributed by atoms with Crippen molar-refractivity contribution in [3.05, 3.63) is 24.4 Å². The van der Waals surface area contributed by atoms with E-state index in [2.05, 4.69) is 9.98 Å². The van der Waals surface area contributed by atoms with E-state index in [1.165, 1.54) is 18.3 Å². The summed E-state index contributed by atoms with van der Waals surface area (Å²) in [6.45, 7) is -0.435. The minimum Gasteiger partial charge on any atom is -0.480 e. The van der Waals surface area contributed by atoms with E-state index in [9.17, 15) is 18.3 Å². The maximum atomic E-state index is 13.2. The Morgan fingerprint density at radius 1 is 1.24 bits per heavy atom. The Kier molecular flexibility index (Phi) is 5.89. The van der Waals surface area contributed by atoms with E-state index in [0.717, 1.165) is 30.0 Å². The van der Waals surface area contributed by atoms with Crippen LogP contribution in [0.3, 0.4) is 0 Å². The van der Waals surface area contributed by atoms with Gasteiger partial charge in [0, 0.05) is 17.3 Å². The molecular formula is C18H24N6O4S. The summed E-state index contributed by atoms with van der Waals surface area (Å²) in [6, 6.07) is 4.32. The maximum Gasteiger partial charge on any atom is 0.318 e.